The van der Waals surface area contributed by atoms with E-state index < -0.39 is 6.61 Å². The number of rotatable bonds is 8. The molecule has 1 unspecified atom stereocenters. The predicted octanol–water partition coefficient (Wildman–Crippen LogP) is 2.78. The number of hydrogen-bond acceptors (Lipinski definition) is 4. The maximum Gasteiger partial charge on any atom is 0.387 e. The van der Waals surface area contributed by atoms with Crippen molar-refractivity contribution >= 4 is 23.4 Å². The van der Waals surface area contributed by atoms with E-state index in [1.54, 1.807) is 19.2 Å². The van der Waals surface area contributed by atoms with E-state index in [1.807, 2.05) is 23.9 Å². The normalized spacial score (nSPS) is 17.9. The van der Waals surface area contributed by atoms with Crippen molar-refractivity contribution in [2.24, 2.45) is 4.99 Å². The molecule has 1 aliphatic heterocycles. The third-order valence-corrected chi connectivity index (χ3v) is 4.69. The Bertz CT molecular complexity index is 559. The second kappa shape index (κ2) is 10.3. The van der Waals surface area contributed by atoms with Crippen molar-refractivity contribution in [3.8, 4) is 5.75 Å². The Labute approximate surface area is 152 Å². The summed E-state index contributed by atoms with van der Waals surface area (Å²) in [5.74, 6) is 2.12. The van der Waals surface area contributed by atoms with E-state index in [9.17, 15) is 8.78 Å². The Balaban J connectivity index is 1.89. The minimum Gasteiger partial charge on any atom is -0.433 e. The van der Waals surface area contributed by atoms with E-state index in [-0.39, 0.29) is 11.8 Å². The Kier molecular flexibility index (Phi) is 8.11. The van der Waals surface area contributed by atoms with Gasteiger partial charge in [0.25, 0.3) is 0 Å². The summed E-state index contributed by atoms with van der Waals surface area (Å²) in [6, 6.07) is 7.14. The highest BCUT2D eigenvalue weighted by Gasteiger charge is 2.25. The van der Waals surface area contributed by atoms with E-state index >= 15 is 0 Å². The fourth-order valence-electron chi connectivity index (χ4n) is 2.82. The first-order chi connectivity index (χ1) is 12.1. The van der Waals surface area contributed by atoms with Crippen LogP contribution in [-0.4, -0.2) is 57.3 Å². The average Bonchev–Trinajstić information content (AvgIpc) is 3.06. The van der Waals surface area contributed by atoms with Gasteiger partial charge < -0.3 is 20.3 Å². The smallest absolute Gasteiger partial charge is 0.387 e. The van der Waals surface area contributed by atoms with Crippen LogP contribution in [-0.2, 0) is 0 Å². The van der Waals surface area contributed by atoms with Gasteiger partial charge in [-0.2, -0.15) is 20.5 Å². The van der Waals surface area contributed by atoms with E-state index in [2.05, 4.69) is 31.5 Å². The van der Waals surface area contributed by atoms with Crippen molar-refractivity contribution in [1.82, 2.24) is 10.6 Å². The van der Waals surface area contributed by atoms with Gasteiger partial charge in [-0.25, -0.2) is 0 Å². The Morgan fingerprint density at radius 3 is 2.96 bits per heavy atom. The summed E-state index contributed by atoms with van der Waals surface area (Å²) >= 11 is 1.82. The molecular formula is C17H26F2N4OS. The van der Waals surface area contributed by atoms with Gasteiger partial charge in [-0.15, -0.1) is 0 Å². The van der Waals surface area contributed by atoms with Crippen molar-refractivity contribution in [2.45, 2.75) is 25.5 Å². The van der Waals surface area contributed by atoms with E-state index in [0.717, 1.165) is 44.2 Å². The van der Waals surface area contributed by atoms with Crippen molar-refractivity contribution in [1.29, 1.82) is 0 Å². The lowest BCUT2D eigenvalue weighted by Crippen LogP contribution is -2.45. The predicted molar refractivity (Wildman–Crippen MR) is 101 cm³/mol. The number of nitrogens with zero attached hydrogens (tertiary/aromatic N) is 2. The molecule has 2 rings (SSSR count). The van der Waals surface area contributed by atoms with Gasteiger partial charge in [-0.3, -0.25) is 4.99 Å². The monoisotopic (exact) mass is 372 g/mol. The van der Waals surface area contributed by atoms with Gasteiger partial charge in [0.1, 0.15) is 5.75 Å². The number of hydrogen-bond donors (Lipinski definition) is 2. The van der Waals surface area contributed by atoms with E-state index in [0.29, 0.717) is 5.69 Å². The number of guanidine groups is 1. The quantitative estimate of drug-likeness (QED) is 0.417. The molecule has 1 aliphatic rings. The topological polar surface area (TPSA) is 48.9 Å². The minimum atomic E-state index is -2.82. The summed E-state index contributed by atoms with van der Waals surface area (Å²) < 4.78 is 29.8. The van der Waals surface area contributed by atoms with E-state index in [1.165, 1.54) is 0 Å². The molecule has 1 atom stereocenters. The number of halogens is 2. The van der Waals surface area contributed by atoms with Gasteiger partial charge >= 0.3 is 6.61 Å². The molecule has 8 heteroatoms. The number of alkyl halides is 2. The van der Waals surface area contributed by atoms with Crippen LogP contribution in [0.2, 0.25) is 0 Å². The maximum absolute atomic E-state index is 12.6. The summed E-state index contributed by atoms with van der Waals surface area (Å²) in [5.41, 5.74) is 0.704. The van der Waals surface area contributed by atoms with Crippen molar-refractivity contribution in [3.05, 3.63) is 24.3 Å². The van der Waals surface area contributed by atoms with Gasteiger partial charge in [-0.1, -0.05) is 12.1 Å². The van der Waals surface area contributed by atoms with Crippen LogP contribution in [0.25, 0.3) is 0 Å². The average molecular weight is 372 g/mol. The summed E-state index contributed by atoms with van der Waals surface area (Å²) in [6.45, 7) is -0.441. The number of nitrogens with one attached hydrogen (secondary N) is 2. The van der Waals surface area contributed by atoms with Crippen molar-refractivity contribution < 1.29 is 13.5 Å². The molecule has 0 radical (unpaired) electrons. The molecule has 1 heterocycles. The molecule has 1 saturated heterocycles. The number of anilines is 1. The van der Waals surface area contributed by atoms with Gasteiger partial charge in [0.15, 0.2) is 5.96 Å². The number of thioether (sulfide) groups is 1. The molecule has 140 valence electrons. The molecule has 0 spiro atoms. The largest absolute Gasteiger partial charge is 0.433 e. The van der Waals surface area contributed by atoms with Crippen molar-refractivity contribution in [2.75, 3.05) is 43.6 Å². The fourth-order valence-corrected chi connectivity index (χ4v) is 3.26. The molecule has 5 nitrogen and oxygen atoms in total. The molecule has 1 aromatic carbocycles. The molecular weight excluding hydrogens is 346 g/mol. The summed E-state index contributed by atoms with van der Waals surface area (Å²) in [4.78, 5) is 6.31. The van der Waals surface area contributed by atoms with Crippen LogP contribution in [0, 0.1) is 0 Å². The first kappa shape index (κ1) is 19.6. The first-order valence-corrected chi connectivity index (χ1v) is 9.78. The Morgan fingerprint density at radius 1 is 1.44 bits per heavy atom. The van der Waals surface area contributed by atoms with E-state index in [4.69, 9.17) is 0 Å². The zero-order valence-electron chi connectivity index (χ0n) is 14.7. The highest BCUT2D eigenvalue weighted by Crippen LogP contribution is 2.31. The summed E-state index contributed by atoms with van der Waals surface area (Å²) in [7, 11) is 1.75. The third-order valence-electron chi connectivity index (χ3n) is 3.99. The number of aliphatic imine (C=N–C) groups is 1. The molecule has 2 N–H and O–H groups in total. The Hall–Kier alpha value is -1.70. The third kappa shape index (κ3) is 6.26. The fraction of sp³-hybridized carbons (Fsp3) is 0.588. The molecule has 25 heavy (non-hydrogen) atoms. The minimum absolute atomic E-state index is 0.214. The lowest BCUT2D eigenvalue weighted by Gasteiger charge is -2.22. The van der Waals surface area contributed by atoms with Crippen LogP contribution in [0.3, 0.4) is 0 Å². The van der Waals surface area contributed by atoms with Crippen LogP contribution in [0.5, 0.6) is 5.75 Å². The van der Waals surface area contributed by atoms with Gasteiger partial charge in [0, 0.05) is 32.7 Å². The van der Waals surface area contributed by atoms with Gasteiger partial charge in [-0.05, 0) is 37.0 Å². The molecule has 1 fully saturated rings. The molecule has 0 saturated carbocycles. The number of ether oxygens (including phenoxy) is 1. The first-order valence-electron chi connectivity index (χ1n) is 8.39. The van der Waals surface area contributed by atoms with Gasteiger partial charge in [0.05, 0.1) is 5.69 Å². The second-order valence-electron chi connectivity index (χ2n) is 5.77. The number of para-hydroxylation sites is 2. The molecule has 0 aliphatic carbocycles. The van der Waals surface area contributed by atoms with Crippen LogP contribution >= 0.6 is 11.8 Å². The second-order valence-corrected chi connectivity index (χ2v) is 6.75. The SMILES string of the molecule is CN=C(NCCCSC)NC1CCN(c2ccccc2OC(F)F)C1. The van der Waals surface area contributed by atoms with Crippen LogP contribution < -0.4 is 20.3 Å². The highest BCUT2D eigenvalue weighted by atomic mass is 32.2. The summed E-state index contributed by atoms with van der Waals surface area (Å²) in [5, 5.41) is 6.71. The lowest BCUT2D eigenvalue weighted by atomic mass is 10.2. The number of benzene rings is 1. The Morgan fingerprint density at radius 2 is 2.24 bits per heavy atom. The van der Waals surface area contributed by atoms with Crippen LogP contribution in [0.4, 0.5) is 14.5 Å². The molecule has 1 aromatic rings. The zero-order valence-corrected chi connectivity index (χ0v) is 15.5. The standard InChI is InChI=1S/C17H26F2N4OS/c1-20-17(21-9-5-11-25-2)22-13-8-10-23(12-13)14-6-3-4-7-15(14)24-16(18)19/h3-4,6-7,13,16H,5,8-12H2,1-2H3,(H2,20,21,22). The maximum atomic E-state index is 12.6. The van der Waals surface area contributed by atoms with Crippen molar-refractivity contribution in [3.63, 3.8) is 0 Å². The van der Waals surface area contributed by atoms with Gasteiger partial charge in [0.2, 0.25) is 0 Å². The van der Waals surface area contributed by atoms with Crippen LogP contribution in [0.1, 0.15) is 12.8 Å². The van der Waals surface area contributed by atoms with Crippen LogP contribution in [0.15, 0.2) is 29.3 Å². The zero-order chi connectivity index (χ0) is 18.1. The molecule has 0 amide bonds. The molecule has 0 bridgehead atoms. The highest BCUT2D eigenvalue weighted by molar-refractivity contribution is 7.98. The lowest BCUT2D eigenvalue weighted by molar-refractivity contribution is -0.0495. The summed E-state index contributed by atoms with van der Waals surface area (Å²) in [6.07, 6.45) is 4.08. The molecule has 0 aromatic heterocycles.